The van der Waals surface area contributed by atoms with Gasteiger partial charge >= 0.3 is 0 Å². The van der Waals surface area contributed by atoms with Gasteiger partial charge in [0.25, 0.3) is 0 Å². The Morgan fingerprint density at radius 2 is 1.38 bits per heavy atom. The third kappa shape index (κ3) is 2.14. The van der Waals surface area contributed by atoms with Crippen molar-refractivity contribution >= 4 is 37.5 Å². The van der Waals surface area contributed by atoms with Crippen LogP contribution in [0.1, 0.15) is 0 Å². The fourth-order valence-electron chi connectivity index (χ4n) is 2.96. The van der Waals surface area contributed by atoms with Crippen LogP contribution in [0.4, 0.5) is 0 Å². The third-order valence-corrected chi connectivity index (χ3v) is 4.40. The second-order valence-corrected chi connectivity index (χ2v) is 6.12. The predicted molar refractivity (Wildman–Crippen MR) is 94.6 cm³/mol. The summed E-state index contributed by atoms with van der Waals surface area (Å²) in [6.07, 6.45) is 0. The van der Waals surface area contributed by atoms with Crippen molar-refractivity contribution in [3.63, 3.8) is 0 Å². The van der Waals surface area contributed by atoms with Crippen molar-refractivity contribution in [2.75, 3.05) is 0 Å². The van der Waals surface area contributed by atoms with E-state index in [-0.39, 0.29) is 0 Å². The molecule has 0 radical (unpaired) electrons. The molecule has 0 spiro atoms. The van der Waals surface area contributed by atoms with E-state index in [4.69, 9.17) is 0 Å². The van der Waals surface area contributed by atoms with Crippen LogP contribution < -0.4 is 0 Å². The molecule has 0 N–H and O–H groups in total. The SMILES string of the molecule is Brc1cccc(-c2cccc3ccc4ccccc4c23)c1. The summed E-state index contributed by atoms with van der Waals surface area (Å²) in [5.41, 5.74) is 2.52. The highest BCUT2D eigenvalue weighted by molar-refractivity contribution is 9.10. The normalized spacial score (nSPS) is 11.1. The van der Waals surface area contributed by atoms with Crippen LogP contribution in [0.25, 0.3) is 32.7 Å². The van der Waals surface area contributed by atoms with Gasteiger partial charge in [-0.1, -0.05) is 82.7 Å². The van der Waals surface area contributed by atoms with Crippen LogP contribution >= 0.6 is 15.9 Å². The van der Waals surface area contributed by atoms with Gasteiger partial charge in [-0.05, 0) is 44.8 Å². The molecule has 4 aromatic rings. The number of fused-ring (bicyclic) bond motifs is 3. The summed E-state index contributed by atoms with van der Waals surface area (Å²) in [5, 5.41) is 5.21. The van der Waals surface area contributed by atoms with Crippen LogP contribution in [0.15, 0.2) is 83.3 Å². The molecule has 0 amide bonds. The van der Waals surface area contributed by atoms with Gasteiger partial charge in [-0.3, -0.25) is 0 Å². The van der Waals surface area contributed by atoms with Gasteiger partial charge in [0.05, 0.1) is 0 Å². The summed E-state index contributed by atoms with van der Waals surface area (Å²) in [5.74, 6) is 0. The van der Waals surface area contributed by atoms with E-state index in [1.165, 1.54) is 32.7 Å². The molecule has 0 nitrogen and oxygen atoms in total. The topological polar surface area (TPSA) is 0 Å². The molecule has 0 unspecified atom stereocenters. The summed E-state index contributed by atoms with van der Waals surface area (Å²) in [6, 6.07) is 28.0. The fraction of sp³-hybridized carbons (Fsp3) is 0. The van der Waals surface area contributed by atoms with Gasteiger partial charge in [0.1, 0.15) is 0 Å². The Labute approximate surface area is 132 Å². The summed E-state index contributed by atoms with van der Waals surface area (Å²) in [4.78, 5) is 0. The Hall–Kier alpha value is -2.12. The Morgan fingerprint density at radius 3 is 2.29 bits per heavy atom. The summed E-state index contributed by atoms with van der Waals surface area (Å²) in [7, 11) is 0. The van der Waals surface area contributed by atoms with E-state index in [1.807, 2.05) is 0 Å². The number of hydrogen-bond acceptors (Lipinski definition) is 0. The first-order chi connectivity index (χ1) is 10.3. The van der Waals surface area contributed by atoms with Crippen molar-refractivity contribution in [3.05, 3.63) is 83.3 Å². The zero-order chi connectivity index (χ0) is 14.2. The average Bonchev–Trinajstić information content (AvgIpc) is 2.54. The van der Waals surface area contributed by atoms with E-state index in [1.54, 1.807) is 0 Å². The number of benzene rings is 4. The monoisotopic (exact) mass is 332 g/mol. The molecule has 0 saturated heterocycles. The van der Waals surface area contributed by atoms with Crippen molar-refractivity contribution in [3.8, 4) is 11.1 Å². The number of rotatable bonds is 1. The molecule has 4 rings (SSSR count). The van der Waals surface area contributed by atoms with Crippen molar-refractivity contribution < 1.29 is 0 Å². The second kappa shape index (κ2) is 5.01. The van der Waals surface area contributed by atoms with E-state index in [2.05, 4.69) is 94.8 Å². The highest BCUT2D eigenvalue weighted by atomic mass is 79.9. The molecule has 21 heavy (non-hydrogen) atoms. The molecule has 0 heterocycles. The first kappa shape index (κ1) is 12.6. The maximum Gasteiger partial charge on any atom is 0.0181 e. The number of halogens is 1. The molecule has 0 fully saturated rings. The minimum absolute atomic E-state index is 1.11. The summed E-state index contributed by atoms with van der Waals surface area (Å²) >= 11 is 3.57. The van der Waals surface area contributed by atoms with E-state index >= 15 is 0 Å². The van der Waals surface area contributed by atoms with E-state index in [0.717, 1.165) is 4.47 Å². The maximum absolute atomic E-state index is 3.57. The van der Waals surface area contributed by atoms with Crippen molar-refractivity contribution in [2.24, 2.45) is 0 Å². The van der Waals surface area contributed by atoms with Gasteiger partial charge in [0, 0.05) is 4.47 Å². The first-order valence-electron chi connectivity index (χ1n) is 6.99. The third-order valence-electron chi connectivity index (χ3n) is 3.90. The zero-order valence-electron chi connectivity index (χ0n) is 11.4. The first-order valence-corrected chi connectivity index (χ1v) is 7.79. The van der Waals surface area contributed by atoms with Gasteiger partial charge in [0.15, 0.2) is 0 Å². The summed E-state index contributed by atoms with van der Waals surface area (Å²) < 4.78 is 1.11. The minimum atomic E-state index is 1.11. The van der Waals surface area contributed by atoms with E-state index < -0.39 is 0 Å². The van der Waals surface area contributed by atoms with Crippen molar-refractivity contribution in [1.29, 1.82) is 0 Å². The lowest BCUT2D eigenvalue weighted by Gasteiger charge is -2.10. The molecule has 0 bridgehead atoms. The molecule has 0 aliphatic carbocycles. The Balaban J connectivity index is 2.16. The van der Waals surface area contributed by atoms with E-state index in [0.29, 0.717) is 0 Å². The Kier molecular flexibility index (Phi) is 3.01. The van der Waals surface area contributed by atoms with E-state index in [9.17, 15) is 0 Å². The Morgan fingerprint density at radius 1 is 0.619 bits per heavy atom. The largest absolute Gasteiger partial charge is 0.0616 e. The molecule has 0 saturated carbocycles. The molecule has 4 aromatic carbocycles. The predicted octanol–water partition coefficient (Wildman–Crippen LogP) is 6.42. The van der Waals surface area contributed by atoms with Crippen LogP contribution in [0.2, 0.25) is 0 Å². The van der Waals surface area contributed by atoms with Gasteiger partial charge in [-0.15, -0.1) is 0 Å². The standard InChI is InChI=1S/C20H13Br/c21-17-8-3-7-16(13-17)19-10-4-6-15-12-11-14-5-1-2-9-18(14)20(15)19/h1-13H. The minimum Gasteiger partial charge on any atom is -0.0616 e. The van der Waals surface area contributed by atoms with Crippen LogP contribution in [-0.2, 0) is 0 Å². The van der Waals surface area contributed by atoms with Gasteiger partial charge in [-0.25, -0.2) is 0 Å². The van der Waals surface area contributed by atoms with Crippen molar-refractivity contribution in [1.82, 2.24) is 0 Å². The van der Waals surface area contributed by atoms with Gasteiger partial charge in [-0.2, -0.15) is 0 Å². The lowest BCUT2D eigenvalue weighted by atomic mass is 9.94. The van der Waals surface area contributed by atoms with Crippen LogP contribution in [0.5, 0.6) is 0 Å². The smallest absolute Gasteiger partial charge is 0.0181 e. The number of hydrogen-bond donors (Lipinski definition) is 0. The molecule has 100 valence electrons. The van der Waals surface area contributed by atoms with Crippen LogP contribution in [0.3, 0.4) is 0 Å². The lowest BCUT2D eigenvalue weighted by Crippen LogP contribution is -1.84. The zero-order valence-corrected chi connectivity index (χ0v) is 13.0. The molecule has 1 heteroatoms. The molecular formula is C20H13Br. The second-order valence-electron chi connectivity index (χ2n) is 5.20. The molecular weight excluding hydrogens is 320 g/mol. The van der Waals surface area contributed by atoms with Gasteiger partial charge in [0.2, 0.25) is 0 Å². The lowest BCUT2D eigenvalue weighted by molar-refractivity contribution is 1.62. The van der Waals surface area contributed by atoms with Crippen molar-refractivity contribution in [2.45, 2.75) is 0 Å². The van der Waals surface area contributed by atoms with Crippen LogP contribution in [-0.4, -0.2) is 0 Å². The molecule has 0 aliphatic rings. The highest BCUT2D eigenvalue weighted by Crippen LogP contribution is 2.35. The fourth-order valence-corrected chi connectivity index (χ4v) is 3.36. The summed E-state index contributed by atoms with van der Waals surface area (Å²) in [6.45, 7) is 0. The van der Waals surface area contributed by atoms with Crippen LogP contribution in [0, 0.1) is 0 Å². The molecule has 0 aliphatic heterocycles. The Bertz CT molecular complexity index is 954. The molecule has 0 atom stereocenters. The maximum atomic E-state index is 3.57. The average molecular weight is 333 g/mol. The van der Waals surface area contributed by atoms with Gasteiger partial charge < -0.3 is 0 Å². The highest BCUT2D eigenvalue weighted by Gasteiger charge is 2.07. The quantitative estimate of drug-likeness (QED) is 0.352. The molecule has 0 aromatic heterocycles.